The molecule has 4 nitrogen and oxygen atoms in total. The summed E-state index contributed by atoms with van der Waals surface area (Å²) in [5, 5.41) is 16.3. The van der Waals surface area contributed by atoms with Gasteiger partial charge in [0.05, 0.1) is 0 Å². The molecule has 0 saturated carbocycles. The summed E-state index contributed by atoms with van der Waals surface area (Å²) in [6.07, 6.45) is 4.47. The van der Waals surface area contributed by atoms with Crippen molar-refractivity contribution < 1.29 is 5.11 Å². The molecular weight excluding hydrogens is 238 g/mol. The van der Waals surface area contributed by atoms with Crippen LogP contribution in [0.3, 0.4) is 0 Å². The highest BCUT2D eigenvalue weighted by Crippen LogP contribution is 2.23. The number of hydrogen-bond acceptors (Lipinski definition) is 3. The molecule has 1 heterocycles. The molecule has 1 unspecified atom stereocenters. The number of aliphatic hydroxyl groups is 1. The molecule has 1 aromatic rings. The van der Waals surface area contributed by atoms with Crippen molar-refractivity contribution >= 4 is 5.84 Å². The van der Waals surface area contributed by atoms with Gasteiger partial charge in [-0.25, -0.2) is 0 Å². The maximum atomic E-state index is 8.93. The lowest BCUT2D eigenvalue weighted by Crippen LogP contribution is -2.29. The summed E-state index contributed by atoms with van der Waals surface area (Å²) >= 11 is 0. The minimum Gasteiger partial charge on any atom is -0.396 e. The predicted molar refractivity (Wildman–Crippen MR) is 77.2 cm³/mol. The van der Waals surface area contributed by atoms with Gasteiger partial charge < -0.3 is 10.8 Å². The average Bonchev–Trinajstić information content (AvgIpc) is 2.84. The number of amidine groups is 1. The molecule has 1 aliphatic heterocycles. The first-order chi connectivity index (χ1) is 9.20. The normalized spacial score (nSPS) is 19.7. The maximum absolute atomic E-state index is 8.93. The minimum absolute atomic E-state index is 0.119. The average molecular weight is 261 g/mol. The molecule has 2 rings (SSSR count). The fourth-order valence-electron chi connectivity index (χ4n) is 2.78. The van der Waals surface area contributed by atoms with Gasteiger partial charge in [-0.3, -0.25) is 10.3 Å². The lowest BCUT2D eigenvalue weighted by atomic mass is 10.1. The highest BCUT2D eigenvalue weighted by atomic mass is 16.2. The molecule has 0 aliphatic carbocycles. The monoisotopic (exact) mass is 261 g/mol. The van der Waals surface area contributed by atoms with Crippen molar-refractivity contribution in [2.45, 2.75) is 38.3 Å². The third-order valence-corrected chi connectivity index (χ3v) is 3.85. The topological polar surface area (TPSA) is 73.3 Å². The van der Waals surface area contributed by atoms with E-state index < -0.39 is 0 Å². The van der Waals surface area contributed by atoms with Gasteiger partial charge in [0.25, 0.3) is 0 Å². The van der Waals surface area contributed by atoms with Gasteiger partial charge in [-0.05, 0) is 37.8 Å². The molecule has 0 radical (unpaired) electrons. The van der Waals surface area contributed by atoms with Crippen molar-refractivity contribution in [3.63, 3.8) is 0 Å². The van der Waals surface area contributed by atoms with E-state index in [4.69, 9.17) is 16.2 Å². The summed E-state index contributed by atoms with van der Waals surface area (Å²) in [5.41, 5.74) is 7.50. The van der Waals surface area contributed by atoms with Crippen LogP contribution in [0.4, 0.5) is 0 Å². The number of likely N-dealkylation sites (tertiary alicyclic amines) is 1. The van der Waals surface area contributed by atoms with Crippen molar-refractivity contribution in [1.82, 2.24) is 4.90 Å². The van der Waals surface area contributed by atoms with Crippen LogP contribution < -0.4 is 5.73 Å². The number of nitrogens with zero attached hydrogens (tertiary/aromatic N) is 1. The summed E-state index contributed by atoms with van der Waals surface area (Å²) in [6.45, 7) is 2.39. The summed E-state index contributed by atoms with van der Waals surface area (Å²) in [7, 11) is 0. The highest BCUT2D eigenvalue weighted by Gasteiger charge is 2.23. The Kier molecular flexibility index (Phi) is 4.93. The zero-order valence-corrected chi connectivity index (χ0v) is 11.3. The van der Waals surface area contributed by atoms with Crippen molar-refractivity contribution in [2.24, 2.45) is 5.73 Å². The Morgan fingerprint density at radius 2 is 2.11 bits per heavy atom. The lowest BCUT2D eigenvalue weighted by molar-refractivity contribution is 0.210. The molecular formula is C15H23N3O. The van der Waals surface area contributed by atoms with E-state index >= 15 is 0 Å². The molecule has 1 saturated heterocycles. The van der Waals surface area contributed by atoms with E-state index in [1.54, 1.807) is 0 Å². The van der Waals surface area contributed by atoms with Gasteiger partial charge in [0.1, 0.15) is 5.84 Å². The zero-order valence-electron chi connectivity index (χ0n) is 11.3. The van der Waals surface area contributed by atoms with Gasteiger partial charge in [-0.1, -0.05) is 24.3 Å². The minimum atomic E-state index is 0.119. The Labute approximate surface area is 114 Å². The van der Waals surface area contributed by atoms with Gasteiger partial charge >= 0.3 is 0 Å². The second kappa shape index (κ2) is 6.68. The van der Waals surface area contributed by atoms with Crippen LogP contribution in [0.15, 0.2) is 24.3 Å². The van der Waals surface area contributed by atoms with Crippen LogP contribution in [-0.2, 0) is 6.54 Å². The summed E-state index contributed by atoms with van der Waals surface area (Å²) in [5.74, 6) is 0.119. The largest absolute Gasteiger partial charge is 0.396 e. The van der Waals surface area contributed by atoms with E-state index in [1.165, 1.54) is 18.4 Å². The molecule has 104 valence electrons. The Hall–Kier alpha value is -1.39. The van der Waals surface area contributed by atoms with Crippen molar-refractivity contribution in [3.8, 4) is 0 Å². The van der Waals surface area contributed by atoms with Crippen LogP contribution in [0.5, 0.6) is 0 Å². The number of nitrogen functional groups attached to an aromatic ring is 1. The van der Waals surface area contributed by atoms with Crippen molar-refractivity contribution in [2.75, 3.05) is 13.2 Å². The van der Waals surface area contributed by atoms with Crippen LogP contribution >= 0.6 is 0 Å². The van der Waals surface area contributed by atoms with E-state index in [0.717, 1.165) is 31.5 Å². The molecule has 4 heteroatoms. The number of benzene rings is 1. The maximum Gasteiger partial charge on any atom is 0.122 e. The van der Waals surface area contributed by atoms with Gasteiger partial charge in [-0.15, -0.1) is 0 Å². The molecule has 0 amide bonds. The fraction of sp³-hybridized carbons (Fsp3) is 0.533. The quantitative estimate of drug-likeness (QED) is 0.539. The van der Waals surface area contributed by atoms with Crippen molar-refractivity contribution in [3.05, 3.63) is 35.4 Å². The second-order valence-corrected chi connectivity index (χ2v) is 5.24. The lowest BCUT2D eigenvalue weighted by Gasteiger charge is -2.24. The zero-order chi connectivity index (χ0) is 13.7. The first-order valence-corrected chi connectivity index (χ1v) is 6.99. The van der Waals surface area contributed by atoms with Gasteiger partial charge in [0, 0.05) is 24.8 Å². The molecule has 1 aliphatic rings. The van der Waals surface area contributed by atoms with Crippen LogP contribution in [-0.4, -0.2) is 35.0 Å². The van der Waals surface area contributed by atoms with E-state index in [-0.39, 0.29) is 12.4 Å². The second-order valence-electron chi connectivity index (χ2n) is 5.24. The molecule has 1 fully saturated rings. The number of nitrogens with one attached hydrogen (secondary N) is 1. The third kappa shape index (κ3) is 3.78. The predicted octanol–water partition coefficient (Wildman–Crippen LogP) is 1.71. The molecule has 0 aromatic heterocycles. The van der Waals surface area contributed by atoms with Crippen LogP contribution in [0, 0.1) is 5.41 Å². The number of rotatable bonds is 6. The van der Waals surface area contributed by atoms with Gasteiger partial charge in [0.15, 0.2) is 0 Å². The van der Waals surface area contributed by atoms with Crippen LogP contribution in [0.25, 0.3) is 0 Å². The smallest absolute Gasteiger partial charge is 0.122 e. The van der Waals surface area contributed by atoms with E-state index in [2.05, 4.69) is 17.0 Å². The summed E-state index contributed by atoms with van der Waals surface area (Å²) in [6, 6.07) is 8.54. The van der Waals surface area contributed by atoms with E-state index in [9.17, 15) is 0 Å². The number of aliphatic hydroxyl groups excluding tert-OH is 1. The fourth-order valence-corrected chi connectivity index (χ4v) is 2.78. The van der Waals surface area contributed by atoms with Gasteiger partial charge in [-0.2, -0.15) is 0 Å². The van der Waals surface area contributed by atoms with E-state index in [1.807, 2.05) is 12.1 Å². The molecule has 19 heavy (non-hydrogen) atoms. The molecule has 0 bridgehead atoms. The molecule has 1 aromatic carbocycles. The molecule has 0 spiro atoms. The molecule has 4 N–H and O–H groups in total. The molecule has 1 atom stereocenters. The third-order valence-electron chi connectivity index (χ3n) is 3.85. The number of hydrogen-bond donors (Lipinski definition) is 3. The summed E-state index contributed by atoms with van der Waals surface area (Å²) in [4.78, 5) is 2.50. The van der Waals surface area contributed by atoms with Crippen LogP contribution in [0.2, 0.25) is 0 Å². The standard InChI is InChI=1S/C15H23N3O/c16-15(17)13-7-5-12(6-8-13)11-18-9-1-3-14(18)4-2-10-19/h5-8,14,19H,1-4,9-11H2,(H3,16,17). The Morgan fingerprint density at radius 3 is 2.74 bits per heavy atom. The summed E-state index contributed by atoms with van der Waals surface area (Å²) < 4.78 is 0. The first kappa shape index (κ1) is 14.0. The van der Waals surface area contributed by atoms with Gasteiger partial charge in [0.2, 0.25) is 0 Å². The first-order valence-electron chi connectivity index (χ1n) is 6.99. The van der Waals surface area contributed by atoms with Crippen LogP contribution in [0.1, 0.15) is 36.8 Å². The Bertz CT molecular complexity index is 416. The Morgan fingerprint density at radius 1 is 1.37 bits per heavy atom. The number of nitrogens with two attached hydrogens (primary N) is 1. The Balaban J connectivity index is 1.94. The van der Waals surface area contributed by atoms with E-state index in [0.29, 0.717) is 6.04 Å². The van der Waals surface area contributed by atoms with Crippen molar-refractivity contribution in [1.29, 1.82) is 5.41 Å². The highest BCUT2D eigenvalue weighted by molar-refractivity contribution is 5.94. The SMILES string of the molecule is N=C(N)c1ccc(CN2CCCC2CCCO)cc1.